The fourth-order valence-electron chi connectivity index (χ4n) is 2.03. The molecule has 100 valence electrons. The molecule has 0 amide bonds. The first kappa shape index (κ1) is 13.1. The van der Waals surface area contributed by atoms with Crippen molar-refractivity contribution in [1.29, 1.82) is 0 Å². The summed E-state index contributed by atoms with van der Waals surface area (Å²) >= 11 is 0. The summed E-state index contributed by atoms with van der Waals surface area (Å²) in [6.07, 6.45) is 3.48. The summed E-state index contributed by atoms with van der Waals surface area (Å²) in [6.45, 7) is 6.17. The number of rotatable bonds is 7. The zero-order valence-electron chi connectivity index (χ0n) is 11.2. The molecular formula is C13H22N4O. The van der Waals surface area contributed by atoms with Gasteiger partial charge in [0.1, 0.15) is 11.6 Å². The largest absolute Gasteiger partial charge is 0.478 e. The van der Waals surface area contributed by atoms with Gasteiger partial charge in [0.05, 0.1) is 6.61 Å². The summed E-state index contributed by atoms with van der Waals surface area (Å²) in [5.74, 6) is 2.40. The lowest BCUT2D eigenvalue weighted by Gasteiger charge is -2.23. The summed E-state index contributed by atoms with van der Waals surface area (Å²) in [7, 11) is 0. The molecule has 0 atom stereocenters. The molecule has 1 aromatic heterocycles. The van der Waals surface area contributed by atoms with Gasteiger partial charge in [-0.1, -0.05) is 0 Å². The van der Waals surface area contributed by atoms with Gasteiger partial charge in [0.25, 0.3) is 0 Å². The van der Waals surface area contributed by atoms with Gasteiger partial charge in [-0.25, -0.2) is 4.98 Å². The highest BCUT2D eigenvalue weighted by atomic mass is 16.5. The maximum absolute atomic E-state index is 5.60. The average molecular weight is 250 g/mol. The Kier molecular flexibility index (Phi) is 4.36. The molecule has 0 saturated heterocycles. The van der Waals surface area contributed by atoms with Gasteiger partial charge in [-0.15, -0.1) is 0 Å². The lowest BCUT2D eigenvalue weighted by Crippen LogP contribution is -2.29. The predicted molar refractivity (Wildman–Crippen MR) is 72.0 cm³/mol. The van der Waals surface area contributed by atoms with Crippen LogP contribution in [0.1, 0.15) is 32.0 Å². The zero-order valence-corrected chi connectivity index (χ0v) is 11.2. The molecule has 5 nitrogen and oxygen atoms in total. The van der Waals surface area contributed by atoms with E-state index in [2.05, 4.69) is 14.9 Å². The van der Waals surface area contributed by atoms with Gasteiger partial charge in [0.15, 0.2) is 0 Å². The summed E-state index contributed by atoms with van der Waals surface area (Å²) in [6, 6.07) is 2.56. The molecular weight excluding hydrogens is 228 g/mol. The summed E-state index contributed by atoms with van der Waals surface area (Å²) in [4.78, 5) is 11.1. The molecule has 1 fully saturated rings. The topological polar surface area (TPSA) is 64.3 Å². The van der Waals surface area contributed by atoms with Crippen LogP contribution < -0.4 is 15.4 Å². The number of nitrogens with two attached hydrogens (primary N) is 1. The molecule has 1 aliphatic rings. The highest BCUT2D eigenvalue weighted by Crippen LogP contribution is 2.31. The lowest BCUT2D eigenvalue weighted by molar-refractivity contribution is 0.325. The van der Waals surface area contributed by atoms with E-state index in [0.717, 1.165) is 24.6 Å². The first-order chi connectivity index (χ1) is 8.74. The number of ether oxygens (including phenoxy) is 1. The van der Waals surface area contributed by atoms with E-state index in [1.165, 1.54) is 12.8 Å². The van der Waals surface area contributed by atoms with Crippen molar-refractivity contribution in [2.75, 3.05) is 24.6 Å². The molecule has 0 aliphatic heterocycles. The monoisotopic (exact) mass is 250 g/mol. The Balaban J connectivity index is 2.17. The minimum Gasteiger partial charge on any atom is -0.478 e. The van der Waals surface area contributed by atoms with E-state index in [0.29, 0.717) is 25.1 Å². The molecule has 0 bridgehead atoms. The Morgan fingerprint density at radius 2 is 2.22 bits per heavy atom. The van der Waals surface area contributed by atoms with Crippen molar-refractivity contribution >= 4 is 5.82 Å². The molecule has 18 heavy (non-hydrogen) atoms. The molecule has 5 heteroatoms. The Hall–Kier alpha value is -1.36. The SMILES string of the molecule is CCOc1cc(N(CCCN)C2CC2)nc(C)n1. The quantitative estimate of drug-likeness (QED) is 0.794. The Morgan fingerprint density at radius 3 is 2.83 bits per heavy atom. The van der Waals surface area contributed by atoms with Gasteiger partial charge in [-0.05, 0) is 39.7 Å². The second kappa shape index (κ2) is 6.00. The van der Waals surface area contributed by atoms with Gasteiger partial charge in [-0.2, -0.15) is 4.98 Å². The van der Waals surface area contributed by atoms with E-state index in [1.807, 2.05) is 19.9 Å². The number of hydrogen-bond acceptors (Lipinski definition) is 5. The molecule has 0 unspecified atom stereocenters. The number of nitrogens with zero attached hydrogens (tertiary/aromatic N) is 3. The molecule has 2 N–H and O–H groups in total. The maximum Gasteiger partial charge on any atom is 0.218 e. The highest BCUT2D eigenvalue weighted by Gasteiger charge is 2.30. The first-order valence-electron chi connectivity index (χ1n) is 6.69. The Bertz CT molecular complexity index is 393. The number of aromatic nitrogens is 2. The second-order valence-corrected chi connectivity index (χ2v) is 4.61. The minimum absolute atomic E-state index is 0.625. The van der Waals surface area contributed by atoms with Crippen LogP contribution >= 0.6 is 0 Å². The third-order valence-electron chi connectivity index (χ3n) is 2.98. The Labute approximate surface area is 108 Å². The van der Waals surface area contributed by atoms with E-state index in [9.17, 15) is 0 Å². The zero-order chi connectivity index (χ0) is 13.0. The molecule has 1 aliphatic carbocycles. The molecule has 0 radical (unpaired) electrons. The van der Waals surface area contributed by atoms with Gasteiger partial charge >= 0.3 is 0 Å². The van der Waals surface area contributed by atoms with Crippen molar-refractivity contribution in [3.05, 3.63) is 11.9 Å². The van der Waals surface area contributed by atoms with Crippen molar-refractivity contribution in [3.63, 3.8) is 0 Å². The molecule has 1 saturated carbocycles. The van der Waals surface area contributed by atoms with Crippen LogP contribution in [0.15, 0.2) is 6.07 Å². The van der Waals surface area contributed by atoms with Gasteiger partial charge in [0, 0.05) is 18.7 Å². The molecule has 1 aromatic rings. The van der Waals surface area contributed by atoms with Gasteiger partial charge in [0.2, 0.25) is 5.88 Å². The van der Waals surface area contributed by atoms with Gasteiger partial charge < -0.3 is 15.4 Å². The van der Waals surface area contributed by atoms with E-state index in [1.54, 1.807) is 0 Å². The number of hydrogen-bond donors (Lipinski definition) is 1. The van der Waals surface area contributed by atoms with Crippen LogP contribution in [0.5, 0.6) is 5.88 Å². The number of aryl methyl sites for hydroxylation is 1. The second-order valence-electron chi connectivity index (χ2n) is 4.61. The summed E-state index contributed by atoms with van der Waals surface area (Å²) in [5, 5.41) is 0. The summed E-state index contributed by atoms with van der Waals surface area (Å²) in [5.41, 5.74) is 5.60. The normalized spacial score (nSPS) is 14.6. The van der Waals surface area contributed by atoms with Gasteiger partial charge in [-0.3, -0.25) is 0 Å². The van der Waals surface area contributed by atoms with Crippen LogP contribution in [0.3, 0.4) is 0 Å². The van der Waals surface area contributed by atoms with E-state index in [4.69, 9.17) is 10.5 Å². The smallest absolute Gasteiger partial charge is 0.218 e. The van der Waals surface area contributed by atoms with Crippen molar-refractivity contribution in [2.45, 2.75) is 39.2 Å². The standard InChI is InChI=1S/C13H22N4O/c1-3-18-13-9-12(15-10(2)16-13)17(8-4-7-14)11-5-6-11/h9,11H,3-8,14H2,1-2H3. The van der Waals surface area contributed by atoms with Crippen molar-refractivity contribution in [1.82, 2.24) is 9.97 Å². The van der Waals surface area contributed by atoms with Crippen molar-refractivity contribution in [3.8, 4) is 5.88 Å². The molecule has 0 aromatic carbocycles. The molecule has 2 rings (SSSR count). The van der Waals surface area contributed by atoms with E-state index in [-0.39, 0.29) is 0 Å². The minimum atomic E-state index is 0.625. The predicted octanol–water partition coefficient (Wildman–Crippen LogP) is 1.50. The van der Waals surface area contributed by atoms with Crippen molar-refractivity contribution in [2.24, 2.45) is 5.73 Å². The Morgan fingerprint density at radius 1 is 1.44 bits per heavy atom. The van der Waals surface area contributed by atoms with Crippen LogP contribution in [0.25, 0.3) is 0 Å². The van der Waals surface area contributed by atoms with E-state index < -0.39 is 0 Å². The summed E-state index contributed by atoms with van der Waals surface area (Å²) < 4.78 is 5.48. The maximum atomic E-state index is 5.60. The van der Waals surface area contributed by atoms with Crippen LogP contribution in [-0.2, 0) is 0 Å². The first-order valence-corrected chi connectivity index (χ1v) is 6.69. The molecule has 0 spiro atoms. The van der Waals surface area contributed by atoms with Crippen LogP contribution in [0.2, 0.25) is 0 Å². The molecule has 1 heterocycles. The van der Waals surface area contributed by atoms with Crippen LogP contribution in [0, 0.1) is 6.92 Å². The van der Waals surface area contributed by atoms with Crippen molar-refractivity contribution < 1.29 is 4.74 Å². The van der Waals surface area contributed by atoms with Crippen LogP contribution in [0.4, 0.5) is 5.82 Å². The van der Waals surface area contributed by atoms with E-state index >= 15 is 0 Å². The third kappa shape index (κ3) is 3.32. The van der Waals surface area contributed by atoms with Crippen LogP contribution in [-0.4, -0.2) is 35.7 Å². The lowest BCUT2D eigenvalue weighted by atomic mass is 10.3. The fraction of sp³-hybridized carbons (Fsp3) is 0.692. The number of anilines is 1. The third-order valence-corrected chi connectivity index (χ3v) is 2.98. The highest BCUT2D eigenvalue weighted by molar-refractivity contribution is 5.44. The average Bonchev–Trinajstić information content (AvgIpc) is 3.14. The fourth-order valence-corrected chi connectivity index (χ4v) is 2.03.